The second kappa shape index (κ2) is 3.62. The zero-order chi connectivity index (χ0) is 11.9. The SMILES string of the molecule is CCC1(CC)OC(=O)C(C(C)=O)C1(C)C. The fourth-order valence-electron chi connectivity index (χ4n) is 2.92. The van der Waals surface area contributed by atoms with Crippen LogP contribution in [0.4, 0.5) is 0 Å². The molecule has 15 heavy (non-hydrogen) atoms. The summed E-state index contributed by atoms with van der Waals surface area (Å²) in [4.78, 5) is 23.2. The van der Waals surface area contributed by atoms with E-state index in [0.29, 0.717) is 0 Å². The van der Waals surface area contributed by atoms with E-state index in [1.807, 2.05) is 27.7 Å². The number of ether oxygens (including phenoxy) is 1. The van der Waals surface area contributed by atoms with Crippen LogP contribution in [0.25, 0.3) is 0 Å². The van der Waals surface area contributed by atoms with Crippen LogP contribution in [0.1, 0.15) is 47.5 Å². The van der Waals surface area contributed by atoms with Gasteiger partial charge in [0, 0.05) is 5.41 Å². The number of ketones is 1. The molecule has 1 rings (SSSR count). The molecule has 1 atom stereocenters. The maximum absolute atomic E-state index is 11.7. The molecule has 1 saturated heterocycles. The van der Waals surface area contributed by atoms with Crippen LogP contribution in [0.5, 0.6) is 0 Å². The van der Waals surface area contributed by atoms with Gasteiger partial charge in [0.2, 0.25) is 0 Å². The lowest BCUT2D eigenvalue weighted by Gasteiger charge is -2.39. The highest BCUT2D eigenvalue weighted by molar-refractivity contribution is 6.00. The molecule has 1 heterocycles. The highest BCUT2D eigenvalue weighted by Gasteiger charge is 2.60. The van der Waals surface area contributed by atoms with E-state index in [-0.39, 0.29) is 11.8 Å². The largest absolute Gasteiger partial charge is 0.458 e. The zero-order valence-corrected chi connectivity index (χ0v) is 10.2. The molecule has 0 aromatic carbocycles. The average molecular weight is 212 g/mol. The van der Waals surface area contributed by atoms with Gasteiger partial charge in [0.15, 0.2) is 0 Å². The Morgan fingerprint density at radius 3 is 2.00 bits per heavy atom. The van der Waals surface area contributed by atoms with Crippen molar-refractivity contribution in [2.45, 2.75) is 53.1 Å². The van der Waals surface area contributed by atoms with Crippen LogP contribution < -0.4 is 0 Å². The van der Waals surface area contributed by atoms with Crippen LogP contribution in [0.15, 0.2) is 0 Å². The Morgan fingerprint density at radius 1 is 1.33 bits per heavy atom. The van der Waals surface area contributed by atoms with Crippen LogP contribution in [-0.4, -0.2) is 17.4 Å². The van der Waals surface area contributed by atoms with Crippen LogP contribution in [0, 0.1) is 11.3 Å². The molecule has 0 N–H and O–H groups in total. The average Bonchev–Trinajstić information content (AvgIpc) is 2.32. The maximum Gasteiger partial charge on any atom is 0.317 e. The maximum atomic E-state index is 11.7. The summed E-state index contributed by atoms with van der Waals surface area (Å²) in [6.45, 7) is 9.38. The van der Waals surface area contributed by atoms with E-state index in [0.717, 1.165) is 12.8 Å². The van der Waals surface area contributed by atoms with Gasteiger partial charge in [-0.15, -0.1) is 0 Å². The Kier molecular flexibility index (Phi) is 2.94. The third kappa shape index (κ3) is 1.48. The number of cyclic esters (lactones) is 1. The number of rotatable bonds is 3. The first kappa shape index (κ1) is 12.2. The van der Waals surface area contributed by atoms with Gasteiger partial charge < -0.3 is 4.74 Å². The summed E-state index contributed by atoms with van der Waals surface area (Å²) in [5.41, 5.74) is -0.875. The molecule has 0 bridgehead atoms. The molecule has 1 aliphatic rings. The van der Waals surface area contributed by atoms with Crippen molar-refractivity contribution in [2.75, 3.05) is 0 Å². The molecule has 0 spiro atoms. The number of hydrogen-bond acceptors (Lipinski definition) is 3. The molecule has 86 valence electrons. The monoisotopic (exact) mass is 212 g/mol. The fraction of sp³-hybridized carbons (Fsp3) is 0.833. The van der Waals surface area contributed by atoms with Crippen molar-refractivity contribution >= 4 is 11.8 Å². The minimum atomic E-state index is -0.600. The van der Waals surface area contributed by atoms with Crippen molar-refractivity contribution in [3.8, 4) is 0 Å². The molecule has 0 amide bonds. The van der Waals surface area contributed by atoms with E-state index < -0.39 is 16.9 Å². The first-order valence-corrected chi connectivity index (χ1v) is 5.55. The van der Waals surface area contributed by atoms with Gasteiger partial charge in [-0.1, -0.05) is 27.7 Å². The number of Topliss-reactive ketones (excluding diaryl/α,β-unsaturated/α-hetero) is 1. The Bertz CT molecular complexity index is 287. The molecule has 1 aliphatic heterocycles. The summed E-state index contributed by atoms with van der Waals surface area (Å²) in [7, 11) is 0. The normalized spacial score (nSPS) is 27.5. The summed E-state index contributed by atoms with van der Waals surface area (Å²) in [6, 6.07) is 0. The number of hydrogen-bond donors (Lipinski definition) is 0. The molecule has 3 heteroatoms. The summed E-state index contributed by atoms with van der Waals surface area (Å²) >= 11 is 0. The van der Waals surface area contributed by atoms with Crippen molar-refractivity contribution < 1.29 is 14.3 Å². The van der Waals surface area contributed by atoms with Crippen molar-refractivity contribution in [1.29, 1.82) is 0 Å². The van der Waals surface area contributed by atoms with Crippen molar-refractivity contribution in [3.05, 3.63) is 0 Å². The van der Waals surface area contributed by atoms with Crippen LogP contribution in [-0.2, 0) is 14.3 Å². The highest BCUT2D eigenvalue weighted by atomic mass is 16.6. The van der Waals surface area contributed by atoms with E-state index in [1.54, 1.807) is 0 Å². The van der Waals surface area contributed by atoms with E-state index in [4.69, 9.17) is 4.74 Å². The van der Waals surface area contributed by atoms with E-state index in [1.165, 1.54) is 6.92 Å². The minimum Gasteiger partial charge on any atom is -0.458 e. The molecule has 1 fully saturated rings. The summed E-state index contributed by atoms with van der Waals surface area (Å²) in [5.74, 6) is -1.04. The van der Waals surface area contributed by atoms with Crippen molar-refractivity contribution in [1.82, 2.24) is 0 Å². The van der Waals surface area contributed by atoms with Gasteiger partial charge in [-0.2, -0.15) is 0 Å². The van der Waals surface area contributed by atoms with Crippen molar-refractivity contribution in [3.63, 3.8) is 0 Å². The quantitative estimate of drug-likeness (QED) is 0.532. The lowest BCUT2D eigenvalue weighted by Crippen LogP contribution is -2.44. The van der Waals surface area contributed by atoms with E-state index in [2.05, 4.69) is 0 Å². The number of carbonyl (C=O) groups is 2. The first-order valence-electron chi connectivity index (χ1n) is 5.55. The second-order valence-electron chi connectivity index (χ2n) is 4.89. The molecule has 0 aromatic heterocycles. The van der Waals surface area contributed by atoms with Gasteiger partial charge in [0.25, 0.3) is 0 Å². The summed E-state index contributed by atoms with van der Waals surface area (Å²) in [5, 5.41) is 0. The van der Waals surface area contributed by atoms with Gasteiger partial charge in [0.1, 0.15) is 17.3 Å². The van der Waals surface area contributed by atoms with E-state index in [9.17, 15) is 9.59 Å². The molecule has 0 saturated carbocycles. The van der Waals surface area contributed by atoms with Crippen molar-refractivity contribution in [2.24, 2.45) is 11.3 Å². The Morgan fingerprint density at radius 2 is 1.80 bits per heavy atom. The lowest BCUT2D eigenvalue weighted by atomic mass is 9.65. The zero-order valence-electron chi connectivity index (χ0n) is 10.2. The molecular formula is C12H20O3. The molecule has 1 unspecified atom stereocenters. The lowest BCUT2D eigenvalue weighted by molar-refractivity contribution is -0.153. The summed E-state index contributed by atoms with van der Waals surface area (Å²) in [6.07, 6.45) is 1.51. The molecule has 3 nitrogen and oxygen atoms in total. The molecule has 0 aliphatic carbocycles. The third-order valence-electron chi connectivity index (χ3n) is 3.98. The van der Waals surface area contributed by atoms with E-state index >= 15 is 0 Å². The van der Waals surface area contributed by atoms with Gasteiger partial charge in [-0.3, -0.25) is 9.59 Å². The predicted octanol–water partition coefficient (Wildman–Crippen LogP) is 2.33. The Hall–Kier alpha value is -0.860. The topological polar surface area (TPSA) is 43.4 Å². The van der Waals surface area contributed by atoms with Crippen LogP contribution in [0.3, 0.4) is 0 Å². The third-order valence-corrected chi connectivity index (χ3v) is 3.98. The molecule has 0 aromatic rings. The number of carbonyl (C=O) groups excluding carboxylic acids is 2. The van der Waals surface area contributed by atoms with Gasteiger partial charge in [-0.25, -0.2) is 0 Å². The van der Waals surface area contributed by atoms with Gasteiger partial charge in [-0.05, 0) is 19.8 Å². The summed E-state index contributed by atoms with van der Waals surface area (Å²) < 4.78 is 5.48. The molecular weight excluding hydrogens is 192 g/mol. The standard InChI is InChI=1S/C12H20O3/c1-6-12(7-2)11(4,5)9(8(3)13)10(14)15-12/h9H,6-7H2,1-5H3. The highest BCUT2D eigenvalue weighted by Crippen LogP contribution is 2.51. The van der Waals surface area contributed by atoms with Crippen LogP contribution in [0.2, 0.25) is 0 Å². The molecule has 0 radical (unpaired) electrons. The first-order chi connectivity index (χ1) is 6.82. The smallest absolute Gasteiger partial charge is 0.317 e. The number of esters is 1. The van der Waals surface area contributed by atoms with Crippen LogP contribution >= 0.6 is 0 Å². The Balaban J connectivity index is 3.19. The Labute approximate surface area is 91.2 Å². The minimum absolute atomic E-state index is 0.0891. The predicted molar refractivity (Wildman–Crippen MR) is 57.4 cm³/mol. The van der Waals surface area contributed by atoms with Gasteiger partial charge >= 0.3 is 5.97 Å². The second-order valence-corrected chi connectivity index (χ2v) is 4.89. The van der Waals surface area contributed by atoms with Gasteiger partial charge in [0.05, 0.1) is 0 Å². The fourth-order valence-corrected chi connectivity index (χ4v) is 2.92.